The number of aromatic nitrogens is 2. The van der Waals surface area contributed by atoms with E-state index in [1.54, 1.807) is 44.6 Å². The molecule has 1 aliphatic rings. The third-order valence-corrected chi connectivity index (χ3v) is 8.76. The number of rotatable bonds is 13. The molecule has 1 atom stereocenters. The van der Waals surface area contributed by atoms with Crippen molar-refractivity contribution in [3.63, 3.8) is 0 Å². The van der Waals surface area contributed by atoms with Crippen molar-refractivity contribution in [1.82, 2.24) is 19.8 Å². The number of piperazine rings is 1. The van der Waals surface area contributed by atoms with Crippen LogP contribution >= 0.6 is 0 Å². The molecule has 0 bridgehead atoms. The minimum atomic E-state index is -1.24. The predicted molar refractivity (Wildman–Crippen MR) is 188 cm³/mol. The molecule has 0 saturated carbocycles. The zero-order valence-corrected chi connectivity index (χ0v) is 29.0. The van der Waals surface area contributed by atoms with Gasteiger partial charge in [-0.25, -0.2) is 19.1 Å². The molecule has 0 radical (unpaired) electrons. The van der Waals surface area contributed by atoms with Gasteiger partial charge in [-0.2, -0.15) is 4.98 Å². The topological polar surface area (TPSA) is 113 Å². The molecule has 1 aliphatic heterocycles. The summed E-state index contributed by atoms with van der Waals surface area (Å²) >= 11 is 0. The number of ether oxygens (including phenoxy) is 3. The van der Waals surface area contributed by atoms with E-state index in [2.05, 4.69) is 32.1 Å². The van der Waals surface area contributed by atoms with E-state index < -0.39 is 18.0 Å². The molecule has 1 saturated heterocycles. The summed E-state index contributed by atoms with van der Waals surface area (Å²) < 4.78 is 32.1. The summed E-state index contributed by atoms with van der Waals surface area (Å²) in [5.41, 5.74) is 4.62. The third kappa shape index (κ3) is 8.57. The lowest BCUT2D eigenvalue weighted by Crippen LogP contribution is -2.44. The number of nitrogens with zero attached hydrogens (tertiary/aromatic N) is 5. The number of methoxy groups -OCH3 is 2. The third-order valence-electron chi connectivity index (χ3n) is 8.76. The second kappa shape index (κ2) is 16.0. The van der Waals surface area contributed by atoms with Crippen molar-refractivity contribution < 1.29 is 28.5 Å². The Morgan fingerprint density at radius 3 is 2.35 bits per heavy atom. The average Bonchev–Trinajstić information content (AvgIpc) is 3.07. The van der Waals surface area contributed by atoms with Crippen LogP contribution in [0.4, 0.5) is 26.6 Å². The zero-order valence-electron chi connectivity index (χ0n) is 29.0. The molecule has 4 aromatic rings. The summed E-state index contributed by atoms with van der Waals surface area (Å²) in [6.45, 7) is 11.4. The number of anilines is 3. The lowest BCUT2D eigenvalue weighted by atomic mass is 9.88. The number of hydrogen-bond donors (Lipinski definition) is 2. The largest absolute Gasteiger partial charge is 0.497 e. The van der Waals surface area contributed by atoms with Crippen molar-refractivity contribution >= 4 is 23.5 Å². The summed E-state index contributed by atoms with van der Waals surface area (Å²) in [5.74, 6) is 0.875. The SMILES string of the molecule is COc1ccc(OC)c(C(c2c(C)cc(C)cc2C)N(C(=O)O)c2ccnc(Nc3ccc(OCCCN4CCN(C)CC4)c(F)c3)n2)c1. The minimum Gasteiger partial charge on any atom is -0.497 e. The van der Waals surface area contributed by atoms with Crippen LogP contribution in [0.1, 0.15) is 40.3 Å². The molecule has 1 unspecified atom stereocenters. The smallest absolute Gasteiger partial charge is 0.413 e. The van der Waals surface area contributed by atoms with Crippen LogP contribution in [0.25, 0.3) is 0 Å². The molecular weight excluding hydrogens is 627 g/mol. The molecule has 11 nitrogen and oxygen atoms in total. The molecule has 1 fully saturated rings. The van der Waals surface area contributed by atoms with E-state index in [0.29, 0.717) is 29.4 Å². The highest BCUT2D eigenvalue weighted by Gasteiger charge is 2.34. The summed E-state index contributed by atoms with van der Waals surface area (Å²) in [7, 11) is 5.22. The first kappa shape index (κ1) is 35.4. The maximum Gasteiger partial charge on any atom is 0.413 e. The number of hydrogen-bond acceptors (Lipinski definition) is 9. The number of carbonyl (C=O) groups is 1. The van der Waals surface area contributed by atoms with Crippen LogP contribution < -0.4 is 24.4 Å². The molecule has 12 heteroatoms. The summed E-state index contributed by atoms with van der Waals surface area (Å²) in [4.78, 5) is 28.0. The number of amides is 1. The van der Waals surface area contributed by atoms with Crippen molar-refractivity contribution in [2.75, 3.05) is 70.8 Å². The molecule has 0 spiro atoms. The van der Waals surface area contributed by atoms with Crippen molar-refractivity contribution in [2.45, 2.75) is 33.2 Å². The molecular formula is C37H45FN6O5. The van der Waals surface area contributed by atoms with Gasteiger partial charge in [0.2, 0.25) is 5.95 Å². The first-order valence-corrected chi connectivity index (χ1v) is 16.3. The van der Waals surface area contributed by atoms with Gasteiger partial charge >= 0.3 is 6.09 Å². The van der Waals surface area contributed by atoms with Crippen LogP contribution in [0.5, 0.6) is 17.2 Å². The van der Waals surface area contributed by atoms with E-state index in [1.165, 1.54) is 23.2 Å². The van der Waals surface area contributed by atoms with E-state index >= 15 is 4.39 Å². The number of aryl methyl sites for hydroxylation is 3. The summed E-state index contributed by atoms with van der Waals surface area (Å²) in [6.07, 6.45) is 1.02. The van der Waals surface area contributed by atoms with Gasteiger partial charge in [-0.1, -0.05) is 17.7 Å². The van der Waals surface area contributed by atoms with Gasteiger partial charge < -0.3 is 34.4 Å². The van der Waals surface area contributed by atoms with Gasteiger partial charge in [0.15, 0.2) is 11.6 Å². The van der Waals surface area contributed by atoms with Gasteiger partial charge in [0.1, 0.15) is 17.3 Å². The molecule has 0 aliphatic carbocycles. The Hall–Kier alpha value is -4.94. The fraction of sp³-hybridized carbons (Fsp3) is 0.378. The zero-order chi connectivity index (χ0) is 35.1. The monoisotopic (exact) mass is 672 g/mol. The maximum absolute atomic E-state index is 15.1. The van der Waals surface area contributed by atoms with Gasteiger partial charge in [0.05, 0.1) is 26.9 Å². The Bertz CT molecular complexity index is 1740. The number of halogens is 1. The van der Waals surface area contributed by atoms with Gasteiger partial charge in [0, 0.05) is 56.2 Å². The number of likely N-dealkylation sites (N-methyl/N-ethyl adjacent to an activating group) is 1. The molecule has 3 aromatic carbocycles. The second-order valence-electron chi connectivity index (χ2n) is 12.3. The van der Waals surface area contributed by atoms with Crippen molar-refractivity contribution in [1.29, 1.82) is 0 Å². The van der Waals surface area contributed by atoms with Crippen LogP contribution in [0.15, 0.2) is 60.8 Å². The number of nitrogens with one attached hydrogen (secondary N) is 1. The lowest BCUT2D eigenvalue weighted by Gasteiger charge is -2.33. The molecule has 1 amide bonds. The highest BCUT2D eigenvalue weighted by atomic mass is 19.1. The predicted octanol–water partition coefficient (Wildman–Crippen LogP) is 6.59. The highest BCUT2D eigenvalue weighted by molar-refractivity contribution is 5.87. The maximum atomic E-state index is 15.1. The van der Waals surface area contributed by atoms with Crippen LogP contribution in [-0.4, -0.2) is 91.6 Å². The molecule has 1 aromatic heterocycles. The first-order valence-electron chi connectivity index (χ1n) is 16.3. The molecule has 2 N–H and O–H groups in total. The Labute approximate surface area is 287 Å². The van der Waals surface area contributed by atoms with Crippen LogP contribution in [-0.2, 0) is 0 Å². The van der Waals surface area contributed by atoms with E-state index in [-0.39, 0.29) is 17.5 Å². The second-order valence-corrected chi connectivity index (χ2v) is 12.3. The number of carboxylic acid groups (broad SMARTS) is 1. The summed E-state index contributed by atoms with van der Waals surface area (Å²) in [6, 6.07) is 14.5. The quantitative estimate of drug-likeness (QED) is 0.151. The van der Waals surface area contributed by atoms with Gasteiger partial charge in [-0.05, 0) is 87.3 Å². The van der Waals surface area contributed by atoms with E-state index in [4.69, 9.17) is 14.2 Å². The van der Waals surface area contributed by atoms with E-state index in [9.17, 15) is 9.90 Å². The van der Waals surface area contributed by atoms with Gasteiger partial charge in [-0.15, -0.1) is 0 Å². The van der Waals surface area contributed by atoms with Gasteiger partial charge in [-0.3, -0.25) is 0 Å². The fourth-order valence-electron chi connectivity index (χ4n) is 6.35. The molecule has 260 valence electrons. The summed E-state index contributed by atoms with van der Waals surface area (Å²) in [5, 5.41) is 13.8. The van der Waals surface area contributed by atoms with Crippen LogP contribution in [0, 0.1) is 26.6 Å². The Morgan fingerprint density at radius 2 is 1.69 bits per heavy atom. The Morgan fingerprint density at radius 1 is 0.980 bits per heavy atom. The van der Waals surface area contributed by atoms with Crippen molar-refractivity contribution in [3.8, 4) is 17.2 Å². The minimum absolute atomic E-state index is 0.0951. The van der Waals surface area contributed by atoms with E-state index in [1.807, 2.05) is 32.9 Å². The highest BCUT2D eigenvalue weighted by Crippen LogP contribution is 2.42. The van der Waals surface area contributed by atoms with Crippen LogP contribution in [0.2, 0.25) is 0 Å². The normalized spacial score (nSPS) is 14.3. The fourth-order valence-corrected chi connectivity index (χ4v) is 6.35. The molecule has 49 heavy (non-hydrogen) atoms. The average molecular weight is 673 g/mol. The Kier molecular flexibility index (Phi) is 11.5. The standard InChI is InChI=1S/C37H45FN6O5/c1-24-20-25(2)34(26(3)21-24)35(29-23-28(47-5)9-11-31(29)48-6)44(37(45)46)33-12-13-39-36(41-33)40-27-8-10-32(30(38)22-27)49-19-7-14-43-17-15-42(4)16-18-43/h8-13,20-23,35H,7,14-19H2,1-6H3,(H,45,46)(H,39,40,41). The Balaban J connectivity index is 1.40. The molecule has 5 rings (SSSR count). The lowest BCUT2D eigenvalue weighted by molar-refractivity contribution is 0.145. The van der Waals surface area contributed by atoms with Crippen molar-refractivity contribution in [3.05, 3.63) is 94.4 Å². The molecule has 2 heterocycles. The van der Waals surface area contributed by atoms with Crippen molar-refractivity contribution in [2.24, 2.45) is 0 Å². The van der Waals surface area contributed by atoms with Gasteiger partial charge in [0.25, 0.3) is 0 Å². The van der Waals surface area contributed by atoms with E-state index in [0.717, 1.165) is 61.4 Å². The number of benzene rings is 3. The first-order chi connectivity index (χ1) is 23.6. The van der Waals surface area contributed by atoms with Crippen LogP contribution in [0.3, 0.4) is 0 Å².